The van der Waals surface area contributed by atoms with Gasteiger partial charge >= 0.3 is 0 Å². The van der Waals surface area contributed by atoms with Crippen molar-refractivity contribution in [1.29, 1.82) is 0 Å². The zero-order valence-corrected chi connectivity index (χ0v) is 16.1. The van der Waals surface area contributed by atoms with Gasteiger partial charge in [-0.15, -0.1) is 11.3 Å². The number of rotatable bonds is 6. The summed E-state index contributed by atoms with van der Waals surface area (Å²) in [5.41, 5.74) is 12.3. The average molecular weight is 401 g/mol. The number of ether oxygens (including phenoxy) is 1. The first-order valence-corrected chi connectivity index (χ1v) is 8.85. The number of nitrogens with two attached hydrogens (primary N) is 2. The van der Waals surface area contributed by atoms with Crippen molar-refractivity contribution in [1.82, 2.24) is 4.90 Å². The second-order valence-corrected chi connectivity index (χ2v) is 7.76. The second-order valence-electron chi connectivity index (χ2n) is 5.48. The highest BCUT2D eigenvalue weighted by Gasteiger charge is 2.14. The van der Waals surface area contributed by atoms with Gasteiger partial charge in [0.05, 0.1) is 4.34 Å². The standard InChI is InChI=1S/C16H18Cl2N4O2S/c1-22(2)3-4-24-11-6-9(12-8-13(17)25-14(12)18)5-10(7-11)15(23)21-16(19)20/h5-8H,3-4H2,1-2H3,(H4,19,20,21,23). The smallest absolute Gasteiger partial charge is 0.280 e. The van der Waals surface area contributed by atoms with Crippen LogP contribution in [0.4, 0.5) is 0 Å². The summed E-state index contributed by atoms with van der Waals surface area (Å²) in [7, 11) is 3.89. The molecule has 0 saturated carbocycles. The first-order chi connectivity index (χ1) is 11.8. The Labute approximate surface area is 160 Å². The fourth-order valence-corrected chi connectivity index (χ4v) is 3.53. The third kappa shape index (κ3) is 5.61. The van der Waals surface area contributed by atoms with Gasteiger partial charge in [-0.25, -0.2) is 0 Å². The third-order valence-corrected chi connectivity index (χ3v) is 4.65. The minimum atomic E-state index is -0.559. The molecular formula is C16H18Cl2N4O2S. The predicted molar refractivity (Wildman–Crippen MR) is 104 cm³/mol. The molecule has 0 unspecified atom stereocenters. The summed E-state index contributed by atoms with van der Waals surface area (Å²) in [4.78, 5) is 17.8. The number of thiophene rings is 1. The topological polar surface area (TPSA) is 93.9 Å². The average Bonchev–Trinajstić information content (AvgIpc) is 2.84. The molecule has 1 heterocycles. The van der Waals surface area contributed by atoms with Crippen LogP contribution in [0.15, 0.2) is 29.3 Å². The number of halogens is 2. The summed E-state index contributed by atoms with van der Waals surface area (Å²) in [5, 5.41) is 0. The quantitative estimate of drug-likeness (QED) is 0.573. The SMILES string of the molecule is CN(C)CCOc1cc(C(=O)N=C(N)N)cc(-c2cc(Cl)sc2Cl)c1. The molecule has 134 valence electrons. The van der Waals surface area contributed by atoms with Crippen LogP contribution in [0.3, 0.4) is 0 Å². The molecule has 2 aromatic rings. The molecule has 1 aromatic carbocycles. The van der Waals surface area contributed by atoms with Gasteiger partial charge in [-0.3, -0.25) is 4.79 Å². The van der Waals surface area contributed by atoms with E-state index >= 15 is 0 Å². The lowest BCUT2D eigenvalue weighted by molar-refractivity contribution is 0.100. The molecule has 0 aliphatic heterocycles. The maximum absolute atomic E-state index is 12.2. The number of hydrogen-bond donors (Lipinski definition) is 2. The molecule has 0 spiro atoms. The number of benzene rings is 1. The minimum absolute atomic E-state index is 0.296. The van der Waals surface area contributed by atoms with E-state index < -0.39 is 5.91 Å². The van der Waals surface area contributed by atoms with Crippen LogP contribution in [0.25, 0.3) is 11.1 Å². The van der Waals surface area contributed by atoms with E-state index in [1.54, 1.807) is 24.3 Å². The van der Waals surface area contributed by atoms with Crippen LogP contribution in [-0.2, 0) is 0 Å². The molecule has 6 nitrogen and oxygen atoms in total. The molecule has 2 rings (SSSR count). The van der Waals surface area contributed by atoms with Gasteiger partial charge in [0.25, 0.3) is 5.91 Å². The molecular weight excluding hydrogens is 383 g/mol. The summed E-state index contributed by atoms with van der Waals surface area (Å²) >= 11 is 13.5. The number of guanidine groups is 1. The summed E-state index contributed by atoms with van der Waals surface area (Å²) in [6, 6.07) is 6.78. The van der Waals surface area contributed by atoms with Crippen LogP contribution in [0, 0.1) is 0 Å². The van der Waals surface area contributed by atoms with Gasteiger partial charge in [-0.1, -0.05) is 23.2 Å². The summed E-state index contributed by atoms with van der Waals surface area (Å²) in [6.45, 7) is 1.19. The number of aliphatic imine (C=N–C) groups is 1. The van der Waals surface area contributed by atoms with Crippen molar-refractivity contribution in [2.24, 2.45) is 16.5 Å². The molecule has 1 aromatic heterocycles. The lowest BCUT2D eigenvalue weighted by Gasteiger charge is -2.13. The third-order valence-electron chi connectivity index (χ3n) is 3.16. The van der Waals surface area contributed by atoms with Crippen LogP contribution in [0.1, 0.15) is 10.4 Å². The van der Waals surface area contributed by atoms with Crippen molar-refractivity contribution in [2.75, 3.05) is 27.2 Å². The zero-order chi connectivity index (χ0) is 18.6. The molecule has 0 aliphatic carbocycles. The van der Waals surface area contributed by atoms with E-state index in [0.29, 0.717) is 37.7 Å². The van der Waals surface area contributed by atoms with Crippen LogP contribution < -0.4 is 16.2 Å². The number of likely N-dealkylation sites (N-methyl/N-ethyl adjacent to an activating group) is 1. The van der Waals surface area contributed by atoms with Crippen LogP contribution in [0.2, 0.25) is 8.67 Å². The van der Waals surface area contributed by atoms with E-state index in [2.05, 4.69) is 4.99 Å². The summed E-state index contributed by atoms with van der Waals surface area (Å²) in [5.74, 6) is -0.342. The highest BCUT2D eigenvalue weighted by atomic mass is 35.5. The Morgan fingerprint density at radius 1 is 1.24 bits per heavy atom. The van der Waals surface area contributed by atoms with Crippen LogP contribution in [0.5, 0.6) is 5.75 Å². The second kappa shape index (κ2) is 8.53. The van der Waals surface area contributed by atoms with Gasteiger partial charge < -0.3 is 21.1 Å². The zero-order valence-electron chi connectivity index (χ0n) is 13.8. The largest absolute Gasteiger partial charge is 0.492 e. The van der Waals surface area contributed by atoms with E-state index in [9.17, 15) is 4.79 Å². The molecule has 4 N–H and O–H groups in total. The van der Waals surface area contributed by atoms with Gasteiger partial charge in [-0.05, 0) is 43.9 Å². The van der Waals surface area contributed by atoms with Gasteiger partial charge in [0.2, 0.25) is 0 Å². The van der Waals surface area contributed by atoms with Crippen molar-refractivity contribution in [3.05, 3.63) is 38.5 Å². The molecule has 9 heteroatoms. The Morgan fingerprint density at radius 3 is 2.52 bits per heavy atom. The monoisotopic (exact) mass is 400 g/mol. The highest BCUT2D eigenvalue weighted by Crippen LogP contribution is 2.39. The van der Waals surface area contributed by atoms with Gasteiger partial charge in [0.15, 0.2) is 5.96 Å². The molecule has 0 bridgehead atoms. The Hall–Kier alpha value is -1.80. The van der Waals surface area contributed by atoms with Gasteiger partial charge in [0, 0.05) is 17.7 Å². The lowest BCUT2D eigenvalue weighted by Crippen LogP contribution is -2.24. The molecule has 0 aliphatic rings. The Kier molecular flexibility index (Phi) is 6.66. The Balaban J connectivity index is 2.42. The molecule has 0 atom stereocenters. The Morgan fingerprint density at radius 2 is 1.96 bits per heavy atom. The molecule has 0 fully saturated rings. The first kappa shape index (κ1) is 19.5. The van der Waals surface area contributed by atoms with Gasteiger partial charge in [-0.2, -0.15) is 4.99 Å². The number of carbonyl (C=O) groups is 1. The van der Waals surface area contributed by atoms with Crippen LogP contribution in [-0.4, -0.2) is 44.0 Å². The minimum Gasteiger partial charge on any atom is -0.492 e. The number of nitrogens with zero attached hydrogens (tertiary/aromatic N) is 2. The Bertz CT molecular complexity index is 801. The van der Waals surface area contributed by atoms with E-state index in [-0.39, 0.29) is 5.96 Å². The predicted octanol–water partition coefficient (Wildman–Crippen LogP) is 3.08. The van der Waals surface area contributed by atoms with Crippen molar-refractivity contribution in [2.45, 2.75) is 0 Å². The molecule has 0 saturated heterocycles. The first-order valence-electron chi connectivity index (χ1n) is 7.28. The molecule has 0 radical (unpaired) electrons. The van der Waals surface area contributed by atoms with Crippen LogP contribution >= 0.6 is 34.5 Å². The number of amides is 1. The molecule has 1 amide bonds. The van der Waals surface area contributed by atoms with Gasteiger partial charge in [0.1, 0.15) is 16.7 Å². The highest BCUT2D eigenvalue weighted by molar-refractivity contribution is 7.20. The molecule has 25 heavy (non-hydrogen) atoms. The maximum Gasteiger partial charge on any atom is 0.280 e. The van der Waals surface area contributed by atoms with Crippen molar-refractivity contribution in [3.8, 4) is 16.9 Å². The summed E-state index contributed by atoms with van der Waals surface area (Å²) in [6.07, 6.45) is 0. The normalized spacial score (nSPS) is 10.8. The van der Waals surface area contributed by atoms with Crippen molar-refractivity contribution in [3.63, 3.8) is 0 Å². The van der Waals surface area contributed by atoms with E-state index in [1.807, 2.05) is 19.0 Å². The fraction of sp³-hybridized carbons (Fsp3) is 0.250. The van der Waals surface area contributed by atoms with E-state index in [1.165, 1.54) is 11.3 Å². The van der Waals surface area contributed by atoms with E-state index in [4.69, 9.17) is 39.4 Å². The number of carbonyl (C=O) groups excluding carboxylic acids is 1. The maximum atomic E-state index is 12.2. The van der Waals surface area contributed by atoms with Crippen molar-refractivity contribution < 1.29 is 9.53 Å². The lowest BCUT2D eigenvalue weighted by atomic mass is 10.0. The van der Waals surface area contributed by atoms with E-state index in [0.717, 1.165) is 6.54 Å². The fourth-order valence-electron chi connectivity index (χ4n) is 2.03. The van der Waals surface area contributed by atoms with Crippen molar-refractivity contribution >= 4 is 46.4 Å². The summed E-state index contributed by atoms with van der Waals surface area (Å²) < 4.78 is 6.82. The number of hydrogen-bond acceptors (Lipinski definition) is 4.